The van der Waals surface area contributed by atoms with Gasteiger partial charge in [0.2, 0.25) is 12.3 Å². The number of hydroxylamine groups is 2. The predicted molar refractivity (Wildman–Crippen MR) is 123 cm³/mol. The van der Waals surface area contributed by atoms with E-state index >= 15 is 0 Å². The molecule has 180 valence electrons. The van der Waals surface area contributed by atoms with Crippen LogP contribution in [0.3, 0.4) is 0 Å². The maximum absolute atomic E-state index is 13.8. The summed E-state index contributed by atoms with van der Waals surface area (Å²) in [6.07, 6.45) is 8.82. The number of Topliss-reactive ketones (excluding diaryl/α,β-unsaturated/α-hetero) is 1. The van der Waals surface area contributed by atoms with Gasteiger partial charge in [-0.1, -0.05) is 56.0 Å². The lowest BCUT2D eigenvalue weighted by atomic mass is 9.79. The molecule has 1 saturated carbocycles. The number of amides is 2. The summed E-state index contributed by atoms with van der Waals surface area (Å²) >= 11 is 0. The van der Waals surface area contributed by atoms with E-state index in [1.54, 1.807) is 0 Å². The van der Waals surface area contributed by atoms with Crippen LogP contribution in [0.15, 0.2) is 30.3 Å². The molecule has 2 heterocycles. The lowest BCUT2D eigenvalue weighted by Gasteiger charge is -2.31. The van der Waals surface area contributed by atoms with Crippen LogP contribution in [0.1, 0.15) is 56.9 Å². The molecule has 4 rings (SSSR count). The molecule has 1 aliphatic carbocycles. The highest BCUT2D eigenvalue weighted by Crippen LogP contribution is 2.34. The summed E-state index contributed by atoms with van der Waals surface area (Å²) in [5, 5.41) is 4.14. The van der Waals surface area contributed by atoms with Crippen molar-refractivity contribution in [1.82, 2.24) is 10.4 Å². The second-order valence-corrected chi connectivity index (χ2v) is 9.76. The van der Waals surface area contributed by atoms with E-state index in [1.165, 1.54) is 17.9 Å². The third-order valence-corrected chi connectivity index (χ3v) is 7.34. The molecule has 7 heteroatoms. The van der Waals surface area contributed by atoms with Crippen LogP contribution in [0.4, 0.5) is 0 Å². The number of hydrogen-bond acceptors (Lipinski definition) is 5. The minimum absolute atomic E-state index is 0.0576. The summed E-state index contributed by atoms with van der Waals surface area (Å²) in [5.41, 5.74) is 1.12. The molecule has 4 unspecified atom stereocenters. The Kier molecular flexibility index (Phi) is 8.51. The molecular weight excluding hydrogens is 420 g/mol. The standard InChI is InChI=1S/C26H36N2O5/c29-18-28(33-23-12-6-7-13-32-23)17-22(15-20-10-4-5-11-20)25(30)24-21(16-27-26(24)31)14-19-8-2-1-3-9-19/h1-3,8-9,18,20-24H,4-7,10-17H2,(H,27,31). The molecule has 0 aromatic heterocycles. The monoisotopic (exact) mass is 456 g/mol. The second kappa shape index (κ2) is 11.7. The zero-order valence-corrected chi connectivity index (χ0v) is 19.3. The Morgan fingerprint density at radius 2 is 1.91 bits per heavy atom. The van der Waals surface area contributed by atoms with Crippen molar-refractivity contribution in [2.45, 2.75) is 64.1 Å². The van der Waals surface area contributed by atoms with Crippen molar-refractivity contribution in [2.75, 3.05) is 19.7 Å². The Hall–Kier alpha value is -2.25. The fraction of sp³-hybridized carbons (Fsp3) is 0.654. The van der Waals surface area contributed by atoms with Crippen LogP contribution in [0.25, 0.3) is 0 Å². The molecule has 1 N–H and O–H groups in total. The number of hydrogen-bond donors (Lipinski definition) is 1. The lowest BCUT2D eigenvalue weighted by molar-refractivity contribution is -0.276. The quantitative estimate of drug-likeness (QED) is 0.314. The van der Waals surface area contributed by atoms with E-state index in [1.807, 2.05) is 30.3 Å². The van der Waals surface area contributed by atoms with Gasteiger partial charge < -0.3 is 10.1 Å². The van der Waals surface area contributed by atoms with E-state index in [0.29, 0.717) is 38.3 Å². The first-order chi connectivity index (χ1) is 16.1. The molecule has 4 atom stereocenters. The maximum atomic E-state index is 13.8. The smallest absolute Gasteiger partial charge is 0.233 e. The third kappa shape index (κ3) is 6.42. The zero-order valence-electron chi connectivity index (χ0n) is 19.3. The summed E-state index contributed by atoms with van der Waals surface area (Å²) in [5.74, 6) is -0.976. The van der Waals surface area contributed by atoms with Crippen molar-refractivity contribution in [3.05, 3.63) is 35.9 Å². The highest BCUT2D eigenvalue weighted by atomic mass is 16.8. The Labute approximate surface area is 196 Å². The van der Waals surface area contributed by atoms with Crippen LogP contribution >= 0.6 is 0 Å². The molecule has 2 amide bonds. The van der Waals surface area contributed by atoms with Crippen molar-refractivity contribution in [2.24, 2.45) is 23.7 Å². The van der Waals surface area contributed by atoms with Crippen molar-refractivity contribution >= 4 is 18.1 Å². The Morgan fingerprint density at radius 1 is 1.15 bits per heavy atom. The molecule has 7 nitrogen and oxygen atoms in total. The van der Waals surface area contributed by atoms with Gasteiger partial charge in [-0.05, 0) is 43.1 Å². The molecule has 1 aromatic rings. The van der Waals surface area contributed by atoms with Crippen LogP contribution in [0, 0.1) is 23.7 Å². The maximum Gasteiger partial charge on any atom is 0.233 e. The van der Waals surface area contributed by atoms with Gasteiger partial charge >= 0.3 is 0 Å². The van der Waals surface area contributed by atoms with Crippen LogP contribution in [0.2, 0.25) is 0 Å². The molecule has 0 radical (unpaired) electrons. The molecule has 2 saturated heterocycles. The van der Waals surface area contributed by atoms with Gasteiger partial charge in [0.1, 0.15) is 5.92 Å². The largest absolute Gasteiger partial charge is 0.355 e. The summed E-state index contributed by atoms with van der Waals surface area (Å²) < 4.78 is 5.61. The van der Waals surface area contributed by atoms with Crippen molar-refractivity contribution in [3.8, 4) is 0 Å². The lowest BCUT2D eigenvalue weighted by Crippen LogP contribution is -2.42. The molecule has 3 fully saturated rings. The Balaban J connectivity index is 1.47. The Morgan fingerprint density at radius 3 is 2.61 bits per heavy atom. The number of ether oxygens (including phenoxy) is 1. The first-order valence-corrected chi connectivity index (χ1v) is 12.5. The van der Waals surface area contributed by atoms with Gasteiger partial charge in [-0.15, -0.1) is 0 Å². The van der Waals surface area contributed by atoms with Crippen LogP contribution in [-0.4, -0.2) is 49.2 Å². The van der Waals surface area contributed by atoms with Crippen molar-refractivity contribution < 1.29 is 24.0 Å². The van der Waals surface area contributed by atoms with Gasteiger partial charge in [0.25, 0.3) is 0 Å². The van der Waals surface area contributed by atoms with Crippen molar-refractivity contribution in [1.29, 1.82) is 0 Å². The van der Waals surface area contributed by atoms with Gasteiger partial charge in [0, 0.05) is 25.5 Å². The second-order valence-electron chi connectivity index (χ2n) is 9.76. The van der Waals surface area contributed by atoms with E-state index in [2.05, 4.69) is 5.32 Å². The van der Waals surface area contributed by atoms with Crippen LogP contribution in [0.5, 0.6) is 0 Å². The van der Waals surface area contributed by atoms with E-state index in [-0.39, 0.29) is 24.2 Å². The van der Waals surface area contributed by atoms with Crippen LogP contribution in [-0.2, 0) is 30.4 Å². The van der Waals surface area contributed by atoms with Gasteiger partial charge in [0.05, 0.1) is 6.54 Å². The fourth-order valence-electron chi connectivity index (χ4n) is 5.60. The minimum atomic E-state index is -0.684. The van der Waals surface area contributed by atoms with E-state index < -0.39 is 18.1 Å². The normalized spacial score (nSPS) is 26.7. The van der Waals surface area contributed by atoms with Crippen LogP contribution < -0.4 is 5.32 Å². The van der Waals surface area contributed by atoms with E-state index in [4.69, 9.17) is 9.57 Å². The molecule has 0 spiro atoms. The average Bonchev–Trinajstić information content (AvgIpc) is 3.48. The first kappa shape index (κ1) is 23.9. The number of ketones is 1. The average molecular weight is 457 g/mol. The molecule has 3 aliphatic rings. The molecule has 2 aliphatic heterocycles. The fourth-order valence-corrected chi connectivity index (χ4v) is 5.60. The van der Waals surface area contributed by atoms with E-state index in [0.717, 1.165) is 37.7 Å². The SMILES string of the molecule is O=CN(CC(CC1CCCC1)C(=O)C1C(=O)NCC1Cc1ccccc1)OC1CCCCO1. The summed E-state index contributed by atoms with van der Waals surface area (Å²) in [7, 11) is 0. The van der Waals surface area contributed by atoms with Gasteiger partial charge in [0.15, 0.2) is 12.1 Å². The summed E-state index contributed by atoms with van der Waals surface area (Å²) in [6.45, 7) is 1.29. The Bertz CT molecular complexity index is 789. The molecular formula is C26H36N2O5. The number of nitrogens with one attached hydrogen (secondary N) is 1. The minimum Gasteiger partial charge on any atom is -0.355 e. The predicted octanol–water partition coefficient (Wildman–Crippen LogP) is 3.27. The highest BCUT2D eigenvalue weighted by molar-refractivity contribution is 6.04. The topological polar surface area (TPSA) is 84.9 Å². The van der Waals surface area contributed by atoms with E-state index in [9.17, 15) is 14.4 Å². The summed E-state index contributed by atoms with van der Waals surface area (Å²) in [4.78, 5) is 44.2. The third-order valence-electron chi connectivity index (χ3n) is 7.34. The van der Waals surface area contributed by atoms with Crippen molar-refractivity contribution in [3.63, 3.8) is 0 Å². The first-order valence-electron chi connectivity index (χ1n) is 12.5. The van der Waals surface area contributed by atoms with Gasteiger partial charge in [-0.2, -0.15) is 0 Å². The summed E-state index contributed by atoms with van der Waals surface area (Å²) in [6, 6.07) is 9.99. The number of nitrogens with zero attached hydrogens (tertiary/aromatic N) is 1. The number of rotatable bonds is 11. The van der Waals surface area contributed by atoms with Gasteiger partial charge in [-0.25, -0.2) is 9.90 Å². The highest BCUT2D eigenvalue weighted by Gasteiger charge is 2.43. The zero-order chi connectivity index (χ0) is 23.0. The molecule has 33 heavy (non-hydrogen) atoms. The van der Waals surface area contributed by atoms with Gasteiger partial charge in [-0.3, -0.25) is 14.4 Å². The number of carbonyl (C=O) groups is 3. The molecule has 0 bridgehead atoms. The number of carbonyl (C=O) groups excluding carboxylic acids is 3. The number of benzene rings is 1. The molecule has 1 aromatic carbocycles.